The van der Waals surface area contributed by atoms with Crippen LogP contribution in [0.4, 0.5) is 5.69 Å². The summed E-state index contributed by atoms with van der Waals surface area (Å²) in [6, 6.07) is 14.4. The van der Waals surface area contributed by atoms with Gasteiger partial charge >= 0.3 is 5.97 Å². The van der Waals surface area contributed by atoms with Gasteiger partial charge in [-0.25, -0.2) is 4.79 Å². The van der Waals surface area contributed by atoms with Gasteiger partial charge in [0, 0.05) is 5.69 Å². The highest BCUT2D eigenvalue weighted by Crippen LogP contribution is 2.31. The molecule has 2 aromatic rings. The summed E-state index contributed by atoms with van der Waals surface area (Å²) in [5, 5.41) is 2.81. The molecule has 2 rings (SSSR count). The van der Waals surface area contributed by atoms with Crippen molar-refractivity contribution >= 4 is 17.6 Å². The molecule has 0 radical (unpaired) electrons. The van der Waals surface area contributed by atoms with Crippen LogP contribution in [0.25, 0.3) is 0 Å². The van der Waals surface area contributed by atoms with Crippen molar-refractivity contribution in [2.45, 2.75) is 52.6 Å². The predicted octanol–water partition coefficient (Wildman–Crippen LogP) is 4.96. The van der Waals surface area contributed by atoms with E-state index < -0.39 is 6.10 Å². The van der Waals surface area contributed by atoms with Crippen molar-refractivity contribution in [3.05, 3.63) is 59.7 Å². The van der Waals surface area contributed by atoms with E-state index >= 15 is 0 Å². The first kappa shape index (κ1) is 21.5. The molecule has 1 N–H and O–H groups in total. The molecule has 28 heavy (non-hydrogen) atoms. The fourth-order valence-corrected chi connectivity index (χ4v) is 2.64. The zero-order valence-electron chi connectivity index (χ0n) is 17.2. The Bertz CT molecular complexity index is 806. The van der Waals surface area contributed by atoms with Crippen LogP contribution in [-0.2, 0) is 14.9 Å². The number of hydrogen-bond donors (Lipinski definition) is 1. The number of anilines is 1. The largest absolute Gasteiger partial charge is 0.481 e. The molecule has 0 aromatic heterocycles. The zero-order chi connectivity index (χ0) is 20.7. The number of carbonyl (C=O) groups excluding carboxylic acids is 2. The second-order valence-electron chi connectivity index (χ2n) is 7.71. The molecule has 5 nitrogen and oxygen atoms in total. The van der Waals surface area contributed by atoms with Crippen LogP contribution in [0.5, 0.6) is 5.75 Å². The molecular formula is C23H29NO4. The maximum Gasteiger partial charge on any atom is 0.338 e. The number of nitrogens with one attached hydrogen (secondary N) is 1. The van der Waals surface area contributed by atoms with E-state index in [9.17, 15) is 9.59 Å². The van der Waals surface area contributed by atoms with Gasteiger partial charge in [0.05, 0.1) is 12.2 Å². The molecule has 0 aliphatic rings. The predicted molar refractivity (Wildman–Crippen MR) is 111 cm³/mol. The van der Waals surface area contributed by atoms with Gasteiger partial charge in [0.25, 0.3) is 5.91 Å². The van der Waals surface area contributed by atoms with Crippen molar-refractivity contribution in [3.8, 4) is 5.75 Å². The van der Waals surface area contributed by atoms with E-state index in [1.807, 2.05) is 31.2 Å². The Morgan fingerprint density at radius 3 is 2.29 bits per heavy atom. The number of hydrogen-bond acceptors (Lipinski definition) is 4. The number of rotatable bonds is 7. The summed E-state index contributed by atoms with van der Waals surface area (Å²) in [5.41, 5.74) is 2.01. The Kier molecular flexibility index (Phi) is 7.21. The molecule has 1 unspecified atom stereocenters. The monoisotopic (exact) mass is 383 g/mol. The van der Waals surface area contributed by atoms with Crippen LogP contribution in [-0.4, -0.2) is 24.6 Å². The van der Waals surface area contributed by atoms with Gasteiger partial charge in [0.2, 0.25) is 0 Å². The van der Waals surface area contributed by atoms with E-state index in [-0.39, 0.29) is 17.3 Å². The molecule has 0 fully saturated rings. The minimum Gasteiger partial charge on any atom is -0.481 e. The molecule has 150 valence electrons. The third-order valence-electron chi connectivity index (χ3n) is 4.19. The fourth-order valence-electron chi connectivity index (χ4n) is 2.64. The first-order chi connectivity index (χ1) is 13.2. The number of amides is 1. The van der Waals surface area contributed by atoms with Crippen molar-refractivity contribution in [1.82, 2.24) is 0 Å². The van der Waals surface area contributed by atoms with E-state index in [1.54, 1.807) is 31.2 Å². The van der Waals surface area contributed by atoms with Gasteiger partial charge in [-0.15, -0.1) is 0 Å². The average molecular weight is 383 g/mol. The van der Waals surface area contributed by atoms with E-state index in [2.05, 4.69) is 26.1 Å². The first-order valence-corrected chi connectivity index (χ1v) is 9.56. The highest BCUT2D eigenvalue weighted by atomic mass is 16.5. The normalized spacial score (nSPS) is 12.2. The van der Waals surface area contributed by atoms with Gasteiger partial charge < -0.3 is 14.8 Å². The molecule has 1 atom stereocenters. The molecular weight excluding hydrogens is 354 g/mol. The van der Waals surface area contributed by atoms with Crippen molar-refractivity contribution in [1.29, 1.82) is 0 Å². The average Bonchev–Trinajstić information content (AvgIpc) is 2.66. The lowest BCUT2D eigenvalue weighted by molar-refractivity contribution is -0.122. The second kappa shape index (κ2) is 9.40. The van der Waals surface area contributed by atoms with Crippen molar-refractivity contribution in [2.24, 2.45) is 0 Å². The summed E-state index contributed by atoms with van der Waals surface area (Å²) in [6.45, 7) is 10.4. The Labute approximate surface area is 167 Å². The maximum absolute atomic E-state index is 12.5. The van der Waals surface area contributed by atoms with E-state index in [0.717, 1.165) is 12.0 Å². The van der Waals surface area contributed by atoms with Crippen LogP contribution < -0.4 is 10.1 Å². The van der Waals surface area contributed by atoms with Crippen molar-refractivity contribution in [3.63, 3.8) is 0 Å². The third kappa shape index (κ3) is 5.84. The molecule has 5 heteroatoms. The van der Waals surface area contributed by atoms with Gasteiger partial charge in [-0.2, -0.15) is 0 Å². The molecule has 0 aliphatic heterocycles. The van der Waals surface area contributed by atoms with Crippen LogP contribution >= 0.6 is 0 Å². The van der Waals surface area contributed by atoms with E-state index in [4.69, 9.17) is 9.47 Å². The van der Waals surface area contributed by atoms with Crippen LogP contribution in [0.15, 0.2) is 48.5 Å². The Hall–Kier alpha value is -2.82. The van der Waals surface area contributed by atoms with E-state index in [0.29, 0.717) is 23.6 Å². The zero-order valence-corrected chi connectivity index (χ0v) is 17.2. The van der Waals surface area contributed by atoms with E-state index in [1.165, 1.54) is 0 Å². The van der Waals surface area contributed by atoms with Crippen LogP contribution in [0.2, 0.25) is 0 Å². The maximum atomic E-state index is 12.5. The summed E-state index contributed by atoms with van der Waals surface area (Å²) in [7, 11) is 0. The Balaban J connectivity index is 2.01. The standard InChI is InChI=1S/C23H29NO4/c1-6-15-27-22(26)17-11-13-18(14-12-17)24-21(25)16(2)28-20-10-8-7-9-19(20)23(3,4)5/h7-14,16H,6,15H2,1-5H3,(H,24,25). The van der Waals surface area contributed by atoms with Gasteiger partial charge in [-0.05, 0) is 54.7 Å². The van der Waals surface area contributed by atoms with Crippen LogP contribution in [0.3, 0.4) is 0 Å². The lowest BCUT2D eigenvalue weighted by Gasteiger charge is -2.24. The minimum absolute atomic E-state index is 0.0883. The van der Waals surface area contributed by atoms with Crippen LogP contribution in [0.1, 0.15) is 57.0 Å². The summed E-state index contributed by atoms with van der Waals surface area (Å²) < 4.78 is 11.0. The van der Waals surface area contributed by atoms with Crippen molar-refractivity contribution in [2.75, 3.05) is 11.9 Å². The molecule has 0 aliphatic carbocycles. The lowest BCUT2D eigenvalue weighted by Crippen LogP contribution is -2.31. The minimum atomic E-state index is -0.669. The summed E-state index contributed by atoms with van der Waals surface area (Å²) in [4.78, 5) is 24.3. The van der Waals surface area contributed by atoms with Gasteiger partial charge in [0.1, 0.15) is 5.75 Å². The van der Waals surface area contributed by atoms with Gasteiger partial charge in [-0.3, -0.25) is 4.79 Å². The quantitative estimate of drug-likeness (QED) is 0.687. The smallest absolute Gasteiger partial charge is 0.338 e. The van der Waals surface area contributed by atoms with Gasteiger partial charge in [-0.1, -0.05) is 45.9 Å². The Morgan fingerprint density at radius 1 is 1.04 bits per heavy atom. The first-order valence-electron chi connectivity index (χ1n) is 9.56. The van der Waals surface area contributed by atoms with Crippen LogP contribution in [0, 0.1) is 0 Å². The topological polar surface area (TPSA) is 64.6 Å². The molecule has 1 amide bonds. The van der Waals surface area contributed by atoms with Crippen molar-refractivity contribution < 1.29 is 19.1 Å². The second-order valence-corrected chi connectivity index (χ2v) is 7.71. The molecule has 2 aromatic carbocycles. The highest BCUT2D eigenvalue weighted by molar-refractivity contribution is 5.95. The lowest BCUT2D eigenvalue weighted by atomic mass is 9.86. The molecule has 0 spiro atoms. The summed E-state index contributed by atoms with van der Waals surface area (Å²) in [5.74, 6) is 0.0758. The molecule has 0 saturated heterocycles. The molecule has 0 bridgehead atoms. The number of esters is 1. The number of ether oxygens (including phenoxy) is 2. The number of para-hydroxylation sites is 1. The third-order valence-corrected chi connectivity index (χ3v) is 4.19. The molecule has 0 saturated carbocycles. The van der Waals surface area contributed by atoms with Gasteiger partial charge in [0.15, 0.2) is 6.10 Å². The highest BCUT2D eigenvalue weighted by Gasteiger charge is 2.22. The molecule has 0 heterocycles. The number of benzene rings is 2. The SMILES string of the molecule is CCCOC(=O)c1ccc(NC(=O)C(C)Oc2ccccc2C(C)(C)C)cc1. The summed E-state index contributed by atoms with van der Waals surface area (Å²) >= 11 is 0. The number of carbonyl (C=O) groups is 2. The Morgan fingerprint density at radius 2 is 1.68 bits per heavy atom. The summed E-state index contributed by atoms with van der Waals surface area (Å²) in [6.07, 6.45) is 0.105. The fraction of sp³-hybridized carbons (Fsp3) is 0.391.